The summed E-state index contributed by atoms with van der Waals surface area (Å²) >= 11 is 0. The molecule has 0 radical (unpaired) electrons. The molecule has 0 aromatic heterocycles. The number of ether oxygens (including phenoxy) is 1. The van der Waals surface area contributed by atoms with Gasteiger partial charge < -0.3 is 4.74 Å². The summed E-state index contributed by atoms with van der Waals surface area (Å²) in [7, 11) is -2.71. The summed E-state index contributed by atoms with van der Waals surface area (Å²) in [4.78, 5) is 0. The summed E-state index contributed by atoms with van der Waals surface area (Å²) in [5.74, 6) is 0.635. The summed E-state index contributed by atoms with van der Waals surface area (Å²) in [6.07, 6.45) is 2.53. The first-order chi connectivity index (χ1) is 6.33. The third-order valence-electron chi connectivity index (χ3n) is 2.28. The first-order valence-electron chi connectivity index (χ1n) is 4.78. The molecule has 1 aliphatic rings. The number of allylic oxidation sites excluding steroid dienone is 1. The molecule has 0 aliphatic carbocycles. The normalized spacial score (nSPS) is 22.2. The van der Waals surface area contributed by atoms with Gasteiger partial charge in [0.25, 0.3) is 0 Å². The summed E-state index contributed by atoms with van der Waals surface area (Å²) in [5.41, 5.74) is 1.07. The summed E-state index contributed by atoms with van der Waals surface area (Å²) in [6.45, 7) is 6.54. The lowest BCUT2D eigenvalue weighted by atomic mass is 9.91. The first-order valence-corrected chi connectivity index (χ1v) is 6.61. The molecule has 82 valence electrons. The van der Waals surface area contributed by atoms with E-state index in [1.54, 1.807) is 6.26 Å². The smallest absolute Gasteiger partial charge is 0.151 e. The van der Waals surface area contributed by atoms with E-state index in [9.17, 15) is 8.42 Å². The van der Waals surface area contributed by atoms with E-state index in [1.807, 2.05) is 20.8 Å². The predicted octanol–water partition coefficient (Wildman–Crippen LogP) is 1.75. The van der Waals surface area contributed by atoms with Crippen molar-refractivity contribution >= 4 is 9.84 Å². The van der Waals surface area contributed by atoms with Crippen LogP contribution in [-0.2, 0) is 14.6 Å². The lowest BCUT2D eigenvalue weighted by Gasteiger charge is -2.37. The molecule has 0 amide bonds. The Labute approximate surface area is 86.1 Å². The Morgan fingerprint density at radius 3 is 2.43 bits per heavy atom. The van der Waals surface area contributed by atoms with Crippen molar-refractivity contribution < 1.29 is 13.2 Å². The molecular weight excluding hydrogens is 200 g/mol. The van der Waals surface area contributed by atoms with Crippen LogP contribution in [0.15, 0.2) is 11.8 Å². The van der Waals surface area contributed by atoms with Gasteiger partial charge in [0.05, 0.1) is 24.4 Å². The highest BCUT2D eigenvalue weighted by molar-refractivity contribution is 7.92. The van der Waals surface area contributed by atoms with Gasteiger partial charge >= 0.3 is 0 Å². The van der Waals surface area contributed by atoms with Gasteiger partial charge in [0, 0.05) is 0 Å². The molecule has 0 unspecified atom stereocenters. The van der Waals surface area contributed by atoms with Crippen LogP contribution in [0.2, 0.25) is 0 Å². The monoisotopic (exact) mass is 218 g/mol. The Balaban J connectivity index is 2.24. The highest BCUT2D eigenvalue weighted by atomic mass is 32.2. The zero-order valence-corrected chi connectivity index (χ0v) is 9.86. The van der Waals surface area contributed by atoms with Gasteiger partial charge in [0.1, 0.15) is 0 Å². The van der Waals surface area contributed by atoms with Crippen molar-refractivity contribution in [3.63, 3.8) is 0 Å². The van der Waals surface area contributed by atoms with Crippen LogP contribution in [0.4, 0.5) is 0 Å². The maximum absolute atomic E-state index is 11.0. The van der Waals surface area contributed by atoms with Crippen LogP contribution in [0.1, 0.15) is 27.2 Å². The van der Waals surface area contributed by atoms with Crippen LogP contribution < -0.4 is 0 Å². The molecule has 1 rings (SSSR count). The second kappa shape index (κ2) is 3.93. The molecule has 4 heteroatoms. The third kappa shape index (κ3) is 3.33. The topological polar surface area (TPSA) is 43.4 Å². The van der Waals surface area contributed by atoms with E-state index >= 15 is 0 Å². The van der Waals surface area contributed by atoms with E-state index in [1.165, 1.54) is 0 Å². The van der Waals surface area contributed by atoms with Crippen molar-refractivity contribution in [1.29, 1.82) is 0 Å². The van der Waals surface area contributed by atoms with Gasteiger partial charge in [-0.15, -0.1) is 0 Å². The van der Waals surface area contributed by atoms with Crippen molar-refractivity contribution in [3.05, 3.63) is 11.8 Å². The van der Waals surface area contributed by atoms with Crippen LogP contribution in [0.25, 0.3) is 0 Å². The first kappa shape index (κ1) is 11.6. The molecule has 1 aliphatic heterocycles. The van der Waals surface area contributed by atoms with E-state index in [2.05, 4.69) is 0 Å². The molecule has 0 aromatic carbocycles. The summed E-state index contributed by atoms with van der Waals surface area (Å²) in [6, 6.07) is 0. The molecule has 0 atom stereocenters. The van der Waals surface area contributed by atoms with E-state index < -0.39 is 9.84 Å². The molecule has 1 heterocycles. The predicted molar refractivity (Wildman–Crippen MR) is 56.8 cm³/mol. The Hall–Kier alpha value is -0.510. The average molecular weight is 218 g/mol. The van der Waals surface area contributed by atoms with Crippen molar-refractivity contribution in [2.24, 2.45) is 5.41 Å². The highest BCUT2D eigenvalue weighted by Crippen LogP contribution is 2.35. The van der Waals surface area contributed by atoms with E-state index in [-0.39, 0.29) is 5.41 Å². The minimum absolute atomic E-state index is 0.0473. The van der Waals surface area contributed by atoms with E-state index in [0.29, 0.717) is 18.1 Å². The second-order valence-corrected chi connectivity index (χ2v) is 6.72. The van der Waals surface area contributed by atoms with Crippen LogP contribution in [0, 0.1) is 5.41 Å². The van der Waals surface area contributed by atoms with Crippen LogP contribution in [-0.4, -0.2) is 26.5 Å². The molecule has 0 saturated carbocycles. The van der Waals surface area contributed by atoms with Gasteiger partial charge in [-0.3, -0.25) is 0 Å². The molecule has 1 fully saturated rings. The molecule has 0 bridgehead atoms. The summed E-state index contributed by atoms with van der Waals surface area (Å²) in [5, 5.41) is 0. The minimum Gasteiger partial charge on any atom is -0.501 e. The number of rotatable bonds is 4. The van der Waals surface area contributed by atoms with Crippen molar-refractivity contribution in [2.75, 3.05) is 18.1 Å². The Bertz CT molecular complexity index is 311. The Morgan fingerprint density at radius 2 is 2.00 bits per heavy atom. The van der Waals surface area contributed by atoms with Crippen molar-refractivity contribution in [1.82, 2.24) is 0 Å². The highest BCUT2D eigenvalue weighted by Gasteiger charge is 2.44. The fourth-order valence-corrected chi connectivity index (χ4v) is 4.02. The molecule has 3 nitrogen and oxygen atoms in total. The zero-order valence-electron chi connectivity index (χ0n) is 9.04. The zero-order chi connectivity index (χ0) is 10.8. The lowest BCUT2D eigenvalue weighted by molar-refractivity contribution is 0.190. The maximum atomic E-state index is 11.0. The minimum atomic E-state index is -2.71. The molecule has 0 spiro atoms. The SMILES string of the molecule is CC(C)=COCCC1(C)CS(=O)(=O)C1. The molecule has 14 heavy (non-hydrogen) atoms. The fraction of sp³-hybridized carbons (Fsp3) is 0.800. The van der Waals surface area contributed by atoms with Gasteiger partial charge in [0.2, 0.25) is 0 Å². The standard InChI is InChI=1S/C10H18O3S/c1-9(2)6-13-5-4-10(3)7-14(11,12)8-10/h6H,4-5,7-8H2,1-3H3. The Morgan fingerprint density at radius 1 is 1.43 bits per heavy atom. The van der Waals surface area contributed by atoms with Gasteiger partial charge in [-0.25, -0.2) is 8.42 Å². The van der Waals surface area contributed by atoms with Gasteiger partial charge in [-0.05, 0) is 31.3 Å². The molecule has 0 N–H and O–H groups in total. The summed E-state index contributed by atoms with van der Waals surface area (Å²) < 4.78 is 27.3. The second-order valence-electron chi connectivity index (χ2n) is 4.66. The van der Waals surface area contributed by atoms with E-state index in [0.717, 1.165) is 12.0 Å². The van der Waals surface area contributed by atoms with Crippen molar-refractivity contribution in [2.45, 2.75) is 27.2 Å². The number of hydrogen-bond donors (Lipinski definition) is 0. The lowest BCUT2D eigenvalue weighted by Crippen LogP contribution is -2.46. The van der Waals surface area contributed by atoms with Gasteiger partial charge in [0.15, 0.2) is 9.84 Å². The third-order valence-corrected chi connectivity index (χ3v) is 4.55. The van der Waals surface area contributed by atoms with Gasteiger partial charge in [-0.2, -0.15) is 0 Å². The van der Waals surface area contributed by atoms with Crippen LogP contribution >= 0.6 is 0 Å². The fourth-order valence-electron chi connectivity index (χ4n) is 1.69. The van der Waals surface area contributed by atoms with Crippen LogP contribution in [0.3, 0.4) is 0 Å². The number of hydrogen-bond acceptors (Lipinski definition) is 3. The molecular formula is C10H18O3S. The maximum Gasteiger partial charge on any atom is 0.151 e. The quantitative estimate of drug-likeness (QED) is 0.533. The average Bonchev–Trinajstić information content (AvgIpc) is 1.93. The van der Waals surface area contributed by atoms with Gasteiger partial charge in [-0.1, -0.05) is 6.92 Å². The van der Waals surface area contributed by atoms with Crippen molar-refractivity contribution in [3.8, 4) is 0 Å². The molecule has 1 saturated heterocycles. The van der Waals surface area contributed by atoms with Crippen LogP contribution in [0.5, 0.6) is 0 Å². The molecule has 0 aromatic rings. The number of sulfone groups is 1. The van der Waals surface area contributed by atoms with E-state index in [4.69, 9.17) is 4.74 Å². The Kier molecular flexibility index (Phi) is 3.24. The largest absolute Gasteiger partial charge is 0.501 e.